The van der Waals surface area contributed by atoms with E-state index in [1.807, 2.05) is 12.1 Å². The predicted molar refractivity (Wildman–Crippen MR) is 125 cm³/mol. The second-order valence-corrected chi connectivity index (χ2v) is 9.39. The van der Waals surface area contributed by atoms with Crippen molar-refractivity contribution < 1.29 is 9.90 Å². The molecule has 2 N–H and O–H groups in total. The van der Waals surface area contributed by atoms with Crippen molar-refractivity contribution in [2.45, 2.75) is 63.7 Å². The number of fused-ring (bicyclic) bond motifs is 2. The number of aromatic nitrogens is 1. The van der Waals surface area contributed by atoms with Gasteiger partial charge in [-0.15, -0.1) is 11.3 Å². The number of aliphatic carboxylic acids is 1. The zero-order valence-corrected chi connectivity index (χ0v) is 18.2. The van der Waals surface area contributed by atoms with E-state index >= 15 is 0 Å². The number of pyridine rings is 1. The molecule has 0 aliphatic carbocycles. The van der Waals surface area contributed by atoms with Crippen molar-refractivity contribution in [3.63, 3.8) is 0 Å². The molecule has 1 aliphatic rings. The van der Waals surface area contributed by atoms with Gasteiger partial charge in [0, 0.05) is 27.7 Å². The van der Waals surface area contributed by atoms with Gasteiger partial charge in [0.15, 0.2) is 0 Å². The highest BCUT2D eigenvalue weighted by Gasteiger charge is 2.18. The molecule has 2 aromatic heterocycles. The smallest absolute Gasteiger partial charge is 0.303 e. The van der Waals surface area contributed by atoms with Crippen LogP contribution in [0.1, 0.15) is 67.0 Å². The first kappa shape index (κ1) is 20.9. The van der Waals surface area contributed by atoms with Gasteiger partial charge in [-0.2, -0.15) is 0 Å². The number of rotatable bonds is 10. The molecule has 4 rings (SSSR count). The minimum atomic E-state index is -0.704. The van der Waals surface area contributed by atoms with Crippen LogP contribution in [0.2, 0.25) is 0 Å². The van der Waals surface area contributed by atoms with Crippen LogP contribution in [0.3, 0.4) is 0 Å². The lowest BCUT2D eigenvalue weighted by atomic mass is 9.95. The van der Waals surface area contributed by atoms with Gasteiger partial charge in [-0.25, -0.2) is 4.98 Å². The van der Waals surface area contributed by atoms with E-state index in [1.54, 1.807) is 11.3 Å². The minimum absolute atomic E-state index is 0.119. The minimum Gasteiger partial charge on any atom is -0.481 e. The Morgan fingerprint density at radius 2 is 2.00 bits per heavy atom. The second kappa shape index (κ2) is 10.1. The van der Waals surface area contributed by atoms with Crippen LogP contribution in [0.4, 0.5) is 5.82 Å². The maximum Gasteiger partial charge on any atom is 0.303 e. The number of benzene rings is 1. The Morgan fingerprint density at radius 3 is 2.87 bits per heavy atom. The summed E-state index contributed by atoms with van der Waals surface area (Å²) in [4.78, 5) is 17.4. The van der Waals surface area contributed by atoms with E-state index in [9.17, 15) is 9.90 Å². The molecule has 0 radical (unpaired) electrons. The Kier molecular flexibility index (Phi) is 7.00. The van der Waals surface area contributed by atoms with Crippen LogP contribution in [0.5, 0.6) is 0 Å². The van der Waals surface area contributed by atoms with Gasteiger partial charge in [-0.3, -0.25) is 4.79 Å². The highest BCUT2D eigenvalue weighted by atomic mass is 32.1. The number of hydrogen-bond donors (Lipinski definition) is 2. The molecule has 30 heavy (non-hydrogen) atoms. The maximum atomic E-state index is 11.4. The van der Waals surface area contributed by atoms with Crippen LogP contribution in [0.15, 0.2) is 42.5 Å². The Hall–Kier alpha value is -2.40. The second-order valence-electron chi connectivity index (χ2n) is 8.27. The lowest BCUT2D eigenvalue weighted by molar-refractivity contribution is -0.137. The van der Waals surface area contributed by atoms with Crippen LogP contribution in [-0.2, 0) is 17.6 Å². The lowest BCUT2D eigenvalue weighted by Gasteiger charge is -2.17. The van der Waals surface area contributed by atoms with E-state index < -0.39 is 5.97 Å². The number of anilines is 1. The molecular formula is C25H30N2O2S. The molecule has 3 heterocycles. The van der Waals surface area contributed by atoms with Gasteiger partial charge >= 0.3 is 5.97 Å². The van der Waals surface area contributed by atoms with Crippen LogP contribution in [0, 0.1) is 0 Å². The van der Waals surface area contributed by atoms with E-state index in [0.717, 1.165) is 50.9 Å². The molecule has 1 aromatic carbocycles. The summed E-state index contributed by atoms with van der Waals surface area (Å²) >= 11 is 1.75. The predicted octanol–water partition coefficient (Wildman–Crippen LogP) is 6.41. The van der Waals surface area contributed by atoms with E-state index in [0.29, 0.717) is 0 Å². The molecule has 1 aliphatic heterocycles. The largest absolute Gasteiger partial charge is 0.481 e. The number of aryl methyl sites for hydroxylation is 2. The first-order valence-corrected chi connectivity index (χ1v) is 11.9. The third-order valence-corrected chi connectivity index (χ3v) is 7.23. The fraction of sp³-hybridized carbons (Fsp3) is 0.440. The molecule has 4 nitrogen and oxygen atoms in total. The number of hydrogen-bond acceptors (Lipinski definition) is 4. The number of nitrogens with one attached hydrogen (secondary N) is 1. The summed E-state index contributed by atoms with van der Waals surface area (Å²) in [6, 6.07) is 14.9. The van der Waals surface area contributed by atoms with Crippen LogP contribution < -0.4 is 5.32 Å². The number of carboxylic acids is 1. The Balaban J connectivity index is 1.24. The summed E-state index contributed by atoms with van der Waals surface area (Å²) in [6.45, 7) is 1.03. The van der Waals surface area contributed by atoms with Crippen molar-refractivity contribution in [2.75, 3.05) is 11.9 Å². The van der Waals surface area contributed by atoms with Gasteiger partial charge in [0.1, 0.15) is 5.82 Å². The molecule has 3 aromatic rings. The van der Waals surface area contributed by atoms with Gasteiger partial charge in [-0.05, 0) is 61.3 Å². The van der Waals surface area contributed by atoms with E-state index in [-0.39, 0.29) is 12.3 Å². The summed E-state index contributed by atoms with van der Waals surface area (Å²) in [5.74, 6) is 0.497. The number of nitrogens with zero attached hydrogens (tertiary/aromatic N) is 1. The average molecular weight is 423 g/mol. The quantitative estimate of drug-likeness (QED) is 0.371. The third-order valence-electron chi connectivity index (χ3n) is 5.96. The normalized spacial score (nSPS) is 14.3. The fourth-order valence-electron chi connectivity index (χ4n) is 4.32. The molecule has 0 bridgehead atoms. The lowest BCUT2D eigenvalue weighted by Crippen LogP contribution is -2.13. The van der Waals surface area contributed by atoms with Crippen molar-refractivity contribution in [3.8, 4) is 0 Å². The monoisotopic (exact) mass is 422 g/mol. The van der Waals surface area contributed by atoms with E-state index in [4.69, 9.17) is 4.98 Å². The van der Waals surface area contributed by atoms with E-state index in [2.05, 4.69) is 35.6 Å². The van der Waals surface area contributed by atoms with Crippen molar-refractivity contribution >= 4 is 33.2 Å². The van der Waals surface area contributed by atoms with Gasteiger partial charge < -0.3 is 10.4 Å². The van der Waals surface area contributed by atoms with Crippen LogP contribution in [-0.4, -0.2) is 22.6 Å². The summed E-state index contributed by atoms with van der Waals surface area (Å²) in [5, 5.41) is 14.0. The Labute approximate surface area is 182 Å². The zero-order valence-electron chi connectivity index (χ0n) is 17.4. The SMILES string of the molecule is O=C(O)CC(CCCCCCc1ccc2c(n1)NCCC2)c1cc2ccccc2s1. The van der Waals surface area contributed by atoms with Gasteiger partial charge in [0.05, 0.1) is 6.42 Å². The molecule has 5 heteroatoms. The van der Waals surface area contributed by atoms with Crippen LogP contribution >= 0.6 is 11.3 Å². The molecule has 0 saturated carbocycles. The van der Waals surface area contributed by atoms with Crippen LogP contribution in [0.25, 0.3) is 10.1 Å². The summed E-state index contributed by atoms with van der Waals surface area (Å²) < 4.78 is 1.25. The molecule has 0 spiro atoms. The highest BCUT2D eigenvalue weighted by molar-refractivity contribution is 7.19. The summed E-state index contributed by atoms with van der Waals surface area (Å²) in [6.07, 6.45) is 9.03. The first-order chi connectivity index (χ1) is 14.7. The first-order valence-electron chi connectivity index (χ1n) is 11.1. The fourth-order valence-corrected chi connectivity index (χ4v) is 5.52. The number of carboxylic acid groups (broad SMARTS) is 1. The third kappa shape index (κ3) is 5.39. The molecule has 1 atom stereocenters. The molecule has 158 valence electrons. The molecule has 0 saturated heterocycles. The standard InChI is InChI=1S/C25H30N2O2S/c28-24(29)17-20(23-16-19-9-5-6-12-22(19)30-23)8-3-1-2-4-11-21-14-13-18-10-7-15-26-25(18)27-21/h5-6,9,12-14,16,20H,1-4,7-8,10-11,15,17H2,(H,26,27)(H,28,29). The van der Waals surface area contributed by atoms with Crippen molar-refractivity contribution in [2.24, 2.45) is 0 Å². The zero-order chi connectivity index (χ0) is 20.8. The number of thiophene rings is 1. The van der Waals surface area contributed by atoms with Gasteiger partial charge in [0.25, 0.3) is 0 Å². The highest BCUT2D eigenvalue weighted by Crippen LogP contribution is 2.35. The van der Waals surface area contributed by atoms with Crippen molar-refractivity contribution in [1.29, 1.82) is 0 Å². The average Bonchev–Trinajstić information content (AvgIpc) is 3.19. The van der Waals surface area contributed by atoms with E-state index in [1.165, 1.54) is 39.1 Å². The Morgan fingerprint density at radius 1 is 1.13 bits per heavy atom. The topological polar surface area (TPSA) is 62.2 Å². The summed E-state index contributed by atoms with van der Waals surface area (Å²) in [5.41, 5.74) is 2.52. The number of carbonyl (C=O) groups is 1. The Bertz CT molecular complexity index is 965. The molecule has 0 fully saturated rings. The number of unbranched alkanes of at least 4 members (excludes halogenated alkanes) is 3. The van der Waals surface area contributed by atoms with Gasteiger partial charge in [0.2, 0.25) is 0 Å². The molecule has 1 unspecified atom stereocenters. The van der Waals surface area contributed by atoms with Crippen molar-refractivity contribution in [3.05, 3.63) is 58.6 Å². The maximum absolute atomic E-state index is 11.4. The summed E-state index contributed by atoms with van der Waals surface area (Å²) in [7, 11) is 0. The molecule has 0 amide bonds. The van der Waals surface area contributed by atoms with Gasteiger partial charge in [-0.1, -0.05) is 43.5 Å². The van der Waals surface area contributed by atoms with Crippen molar-refractivity contribution in [1.82, 2.24) is 4.98 Å². The molecular weight excluding hydrogens is 392 g/mol.